The van der Waals surface area contributed by atoms with Crippen LogP contribution in [0.4, 0.5) is 0 Å². The highest BCUT2D eigenvalue weighted by molar-refractivity contribution is 5.91. The summed E-state index contributed by atoms with van der Waals surface area (Å²) in [4.78, 5) is 12.7. The van der Waals surface area contributed by atoms with Crippen molar-refractivity contribution < 1.29 is 14.6 Å². The Hall–Kier alpha value is -1.33. The summed E-state index contributed by atoms with van der Waals surface area (Å²) in [6.45, 7) is 3.63. The number of nitrogens with zero attached hydrogens (tertiary/aromatic N) is 1. The number of ether oxygens (including phenoxy) is 1. The number of aliphatic hydroxyl groups excluding tert-OH is 1. The molecule has 0 aliphatic carbocycles. The summed E-state index contributed by atoms with van der Waals surface area (Å²) in [5.41, 5.74) is 5.46. The van der Waals surface area contributed by atoms with Gasteiger partial charge in [-0.25, -0.2) is 0 Å². The molecule has 5 nitrogen and oxygen atoms in total. The first-order valence-corrected chi connectivity index (χ1v) is 5.67. The SMILES string of the molecule is C=C(C/C=C\N(C)C1CCC(CO)O1)C(N)=O. The quantitative estimate of drug-likeness (QED) is 0.657. The lowest BCUT2D eigenvalue weighted by molar-refractivity contribution is -0.114. The Morgan fingerprint density at radius 3 is 2.88 bits per heavy atom. The average Bonchev–Trinajstić information content (AvgIpc) is 2.77. The zero-order valence-electron chi connectivity index (χ0n) is 10.1. The van der Waals surface area contributed by atoms with E-state index in [9.17, 15) is 4.79 Å². The average molecular weight is 240 g/mol. The molecule has 1 heterocycles. The van der Waals surface area contributed by atoms with Gasteiger partial charge in [0.15, 0.2) is 0 Å². The summed E-state index contributed by atoms with van der Waals surface area (Å²) in [6.07, 6.45) is 5.80. The third-order valence-electron chi connectivity index (χ3n) is 2.80. The second kappa shape index (κ2) is 6.42. The van der Waals surface area contributed by atoms with Crippen molar-refractivity contribution in [1.29, 1.82) is 0 Å². The molecule has 5 heteroatoms. The Kier molecular flexibility index (Phi) is 5.18. The van der Waals surface area contributed by atoms with Crippen molar-refractivity contribution in [1.82, 2.24) is 4.90 Å². The Balaban J connectivity index is 2.34. The molecule has 1 saturated heterocycles. The number of amides is 1. The lowest BCUT2D eigenvalue weighted by atomic mass is 10.2. The van der Waals surface area contributed by atoms with Crippen molar-refractivity contribution >= 4 is 5.91 Å². The van der Waals surface area contributed by atoms with Gasteiger partial charge in [-0.1, -0.05) is 12.7 Å². The van der Waals surface area contributed by atoms with Gasteiger partial charge >= 0.3 is 0 Å². The molecule has 2 atom stereocenters. The van der Waals surface area contributed by atoms with E-state index in [1.807, 2.05) is 24.2 Å². The highest BCUT2D eigenvalue weighted by atomic mass is 16.5. The number of aliphatic hydroxyl groups is 1. The molecule has 0 bridgehead atoms. The van der Waals surface area contributed by atoms with Crippen LogP contribution < -0.4 is 5.73 Å². The van der Waals surface area contributed by atoms with Crippen molar-refractivity contribution in [3.8, 4) is 0 Å². The number of carbonyl (C=O) groups excluding carboxylic acids is 1. The molecule has 1 aliphatic heterocycles. The van der Waals surface area contributed by atoms with Crippen molar-refractivity contribution in [2.24, 2.45) is 5.73 Å². The van der Waals surface area contributed by atoms with Crippen molar-refractivity contribution in [3.63, 3.8) is 0 Å². The smallest absolute Gasteiger partial charge is 0.244 e. The summed E-state index contributed by atoms with van der Waals surface area (Å²) in [6, 6.07) is 0. The van der Waals surface area contributed by atoms with Gasteiger partial charge in [-0.15, -0.1) is 0 Å². The summed E-state index contributed by atoms with van der Waals surface area (Å²) in [5.74, 6) is -0.477. The predicted octanol–water partition coefficient (Wildman–Crippen LogP) is 0.361. The number of hydrogen-bond acceptors (Lipinski definition) is 4. The molecule has 1 fully saturated rings. The van der Waals surface area contributed by atoms with E-state index in [0.717, 1.165) is 12.8 Å². The van der Waals surface area contributed by atoms with E-state index in [1.165, 1.54) is 0 Å². The van der Waals surface area contributed by atoms with E-state index in [4.69, 9.17) is 15.6 Å². The molecule has 0 radical (unpaired) electrons. The number of hydrogen-bond donors (Lipinski definition) is 2. The maximum absolute atomic E-state index is 10.7. The third kappa shape index (κ3) is 4.20. The molecule has 0 aromatic heterocycles. The Labute approximate surface area is 102 Å². The maximum atomic E-state index is 10.7. The van der Waals surface area contributed by atoms with E-state index < -0.39 is 5.91 Å². The highest BCUT2D eigenvalue weighted by Crippen LogP contribution is 2.21. The van der Waals surface area contributed by atoms with Gasteiger partial charge in [-0.3, -0.25) is 4.79 Å². The first kappa shape index (κ1) is 13.7. The standard InChI is InChI=1S/C12H20N2O3/c1-9(12(13)16)4-3-7-14(2)11-6-5-10(8-15)17-11/h3,7,10-11,15H,1,4-6,8H2,2H3,(H2,13,16)/b7-3-. The van der Waals surface area contributed by atoms with E-state index in [1.54, 1.807) is 0 Å². The summed E-state index contributed by atoms with van der Waals surface area (Å²) < 4.78 is 5.59. The fourth-order valence-electron chi connectivity index (χ4n) is 1.68. The van der Waals surface area contributed by atoms with Gasteiger partial charge in [0, 0.05) is 12.6 Å². The molecule has 1 amide bonds. The summed E-state index contributed by atoms with van der Waals surface area (Å²) in [5, 5.41) is 8.95. The van der Waals surface area contributed by atoms with Crippen LogP contribution in [0, 0.1) is 0 Å². The molecule has 3 N–H and O–H groups in total. The second-order valence-corrected chi connectivity index (χ2v) is 4.19. The monoisotopic (exact) mass is 240 g/mol. The number of nitrogens with two attached hydrogens (primary N) is 1. The maximum Gasteiger partial charge on any atom is 0.244 e. The normalized spacial score (nSPS) is 24.1. The van der Waals surface area contributed by atoms with Gasteiger partial charge in [0.25, 0.3) is 0 Å². The lowest BCUT2D eigenvalue weighted by Crippen LogP contribution is -2.27. The molecule has 96 valence electrons. The van der Waals surface area contributed by atoms with E-state index in [-0.39, 0.29) is 18.9 Å². The van der Waals surface area contributed by atoms with Crippen LogP contribution in [0.2, 0.25) is 0 Å². The fraction of sp³-hybridized carbons (Fsp3) is 0.583. The van der Waals surface area contributed by atoms with Crippen molar-refractivity contribution in [2.75, 3.05) is 13.7 Å². The Morgan fingerprint density at radius 2 is 2.35 bits per heavy atom. The van der Waals surface area contributed by atoms with Crippen LogP contribution >= 0.6 is 0 Å². The number of allylic oxidation sites excluding steroid dienone is 1. The molecular formula is C12H20N2O3. The van der Waals surface area contributed by atoms with Gasteiger partial charge in [0.1, 0.15) is 6.23 Å². The topological polar surface area (TPSA) is 75.8 Å². The number of rotatable bonds is 6. The minimum absolute atomic E-state index is 0.00903. The van der Waals surface area contributed by atoms with Gasteiger partial charge in [0.05, 0.1) is 12.7 Å². The van der Waals surface area contributed by atoms with Crippen molar-refractivity contribution in [2.45, 2.75) is 31.6 Å². The van der Waals surface area contributed by atoms with Gasteiger partial charge < -0.3 is 20.5 Å². The first-order chi connectivity index (χ1) is 8.04. The molecule has 0 aromatic carbocycles. The van der Waals surface area contributed by atoms with Gasteiger partial charge in [-0.2, -0.15) is 0 Å². The number of carbonyl (C=O) groups is 1. The van der Waals surface area contributed by atoms with E-state index in [0.29, 0.717) is 12.0 Å². The molecule has 1 rings (SSSR count). The van der Waals surface area contributed by atoms with Crippen LogP contribution in [0.5, 0.6) is 0 Å². The molecule has 0 spiro atoms. The van der Waals surface area contributed by atoms with E-state index in [2.05, 4.69) is 6.58 Å². The molecule has 0 aromatic rings. The molecular weight excluding hydrogens is 220 g/mol. The molecule has 1 aliphatic rings. The van der Waals surface area contributed by atoms with Crippen molar-refractivity contribution in [3.05, 3.63) is 24.4 Å². The van der Waals surface area contributed by atoms with Gasteiger partial charge in [0.2, 0.25) is 5.91 Å². The lowest BCUT2D eigenvalue weighted by Gasteiger charge is -2.22. The van der Waals surface area contributed by atoms with Crippen LogP contribution in [0.3, 0.4) is 0 Å². The van der Waals surface area contributed by atoms with Gasteiger partial charge in [-0.05, 0) is 25.5 Å². The molecule has 0 saturated carbocycles. The van der Waals surface area contributed by atoms with Crippen LogP contribution in [-0.4, -0.2) is 41.9 Å². The minimum Gasteiger partial charge on any atom is -0.394 e. The second-order valence-electron chi connectivity index (χ2n) is 4.19. The molecule has 17 heavy (non-hydrogen) atoms. The third-order valence-corrected chi connectivity index (χ3v) is 2.80. The number of primary amides is 1. The molecule has 2 unspecified atom stereocenters. The van der Waals surface area contributed by atoms with Crippen LogP contribution in [-0.2, 0) is 9.53 Å². The van der Waals surface area contributed by atoms with Crippen LogP contribution in [0.1, 0.15) is 19.3 Å². The van der Waals surface area contributed by atoms with E-state index >= 15 is 0 Å². The highest BCUT2D eigenvalue weighted by Gasteiger charge is 2.26. The Morgan fingerprint density at radius 1 is 1.65 bits per heavy atom. The zero-order valence-corrected chi connectivity index (χ0v) is 10.1. The predicted molar refractivity (Wildman–Crippen MR) is 64.8 cm³/mol. The first-order valence-electron chi connectivity index (χ1n) is 5.67. The Bertz CT molecular complexity index is 315. The zero-order chi connectivity index (χ0) is 12.8. The minimum atomic E-state index is -0.477. The summed E-state index contributed by atoms with van der Waals surface area (Å²) >= 11 is 0. The van der Waals surface area contributed by atoms with Crippen LogP contribution in [0.25, 0.3) is 0 Å². The fourth-order valence-corrected chi connectivity index (χ4v) is 1.68. The van der Waals surface area contributed by atoms with Crippen LogP contribution in [0.15, 0.2) is 24.4 Å². The largest absolute Gasteiger partial charge is 0.394 e. The summed E-state index contributed by atoms with van der Waals surface area (Å²) in [7, 11) is 1.90.